The maximum Gasteiger partial charge on any atom is 0.266 e. The molecular weight excluding hydrogens is 411 g/mol. The van der Waals surface area contributed by atoms with Crippen LogP contribution in [0.5, 0.6) is 0 Å². The summed E-state index contributed by atoms with van der Waals surface area (Å²) in [5.41, 5.74) is 0.544. The second-order valence-electron chi connectivity index (χ2n) is 5.97. The lowest BCUT2D eigenvalue weighted by atomic mass is 10.2. The van der Waals surface area contributed by atoms with E-state index in [-0.39, 0.29) is 30.5 Å². The number of halogens is 1. The number of rotatable bonds is 5. The number of thioether (sulfide) groups is 1. The Labute approximate surface area is 165 Å². The first-order chi connectivity index (χ1) is 12.7. The zero-order valence-corrected chi connectivity index (χ0v) is 16.4. The number of sulfone groups is 1. The van der Waals surface area contributed by atoms with Crippen molar-refractivity contribution in [1.29, 1.82) is 0 Å². The minimum Gasteiger partial charge on any atom is -0.349 e. The second-order valence-corrected chi connectivity index (χ2v) is 9.58. The third-order valence-corrected chi connectivity index (χ3v) is 6.63. The Hall–Kier alpha value is -2.04. The third kappa shape index (κ3) is 5.02. The molecule has 1 unspecified atom stereocenters. The smallest absolute Gasteiger partial charge is 0.266 e. The van der Waals surface area contributed by atoms with Gasteiger partial charge in [-0.3, -0.25) is 14.5 Å². The van der Waals surface area contributed by atoms with Crippen molar-refractivity contribution < 1.29 is 22.4 Å². The van der Waals surface area contributed by atoms with Crippen molar-refractivity contribution in [3.63, 3.8) is 0 Å². The molecule has 0 aliphatic carbocycles. The molecule has 1 atom stereocenters. The molecule has 2 aliphatic rings. The van der Waals surface area contributed by atoms with Crippen LogP contribution >= 0.6 is 24.0 Å². The second kappa shape index (κ2) is 7.91. The van der Waals surface area contributed by atoms with Crippen molar-refractivity contribution in [2.24, 2.45) is 0 Å². The number of hydrogen-bond donors (Lipinski definition) is 1. The number of thiocarbonyl (C=S) groups is 1. The van der Waals surface area contributed by atoms with Crippen LogP contribution in [0.15, 0.2) is 40.7 Å². The van der Waals surface area contributed by atoms with Crippen LogP contribution in [0.3, 0.4) is 0 Å². The monoisotopic (exact) mass is 426 g/mol. The number of carbonyl (C=O) groups is 2. The molecule has 2 amide bonds. The maximum atomic E-state index is 13.3. The molecule has 0 aromatic heterocycles. The van der Waals surface area contributed by atoms with E-state index in [1.807, 2.05) is 0 Å². The van der Waals surface area contributed by atoms with Gasteiger partial charge in [0.1, 0.15) is 10.1 Å². The molecule has 3 rings (SSSR count). The Morgan fingerprint density at radius 2 is 2.22 bits per heavy atom. The van der Waals surface area contributed by atoms with E-state index in [4.69, 9.17) is 12.2 Å². The SMILES string of the molecule is O=C(CCN1C(=O)/C(=C/c2cccc(F)c2)SC1=S)NC1C=CS(=O)(=O)C1. The topological polar surface area (TPSA) is 83.6 Å². The molecule has 10 heteroatoms. The quantitative estimate of drug-likeness (QED) is 0.572. The van der Waals surface area contributed by atoms with Gasteiger partial charge in [-0.15, -0.1) is 0 Å². The van der Waals surface area contributed by atoms with E-state index in [0.717, 1.165) is 17.2 Å². The molecule has 1 aromatic carbocycles. The fraction of sp³-hybridized carbons (Fsp3) is 0.235. The van der Waals surface area contributed by atoms with Crippen LogP contribution < -0.4 is 5.32 Å². The van der Waals surface area contributed by atoms with Gasteiger partial charge in [0.25, 0.3) is 5.91 Å². The Kier molecular flexibility index (Phi) is 5.78. The van der Waals surface area contributed by atoms with Crippen molar-refractivity contribution in [3.05, 3.63) is 52.0 Å². The molecule has 6 nitrogen and oxygen atoms in total. The zero-order valence-electron chi connectivity index (χ0n) is 13.9. The average molecular weight is 427 g/mol. The highest BCUT2D eigenvalue weighted by Gasteiger charge is 2.32. The zero-order chi connectivity index (χ0) is 19.6. The summed E-state index contributed by atoms with van der Waals surface area (Å²) in [4.78, 5) is 26.2. The Bertz CT molecular complexity index is 972. The van der Waals surface area contributed by atoms with Gasteiger partial charge in [-0.1, -0.05) is 36.1 Å². The van der Waals surface area contributed by atoms with E-state index < -0.39 is 21.7 Å². The van der Waals surface area contributed by atoms with Gasteiger partial charge in [-0.2, -0.15) is 0 Å². The first kappa shape index (κ1) is 19.7. The summed E-state index contributed by atoms with van der Waals surface area (Å²) in [6.45, 7) is 0.0835. The molecular formula is C17H15FN2O4S3. The molecule has 0 bridgehead atoms. The first-order valence-corrected chi connectivity index (χ1v) is 10.9. The van der Waals surface area contributed by atoms with Gasteiger partial charge in [-0.05, 0) is 29.8 Å². The summed E-state index contributed by atoms with van der Waals surface area (Å²) < 4.78 is 36.3. The van der Waals surface area contributed by atoms with E-state index in [9.17, 15) is 22.4 Å². The molecule has 0 saturated carbocycles. The molecule has 1 saturated heterocycles. The molecule has 1 aromatic rings. The van der Waals surface area contributed by atoms with Crippen LogP contribution in [0.25, 0.3) is 6.08 Å². The van der Waals surface area contributed by atoms with Crippen LogP contribution in [-0.4, -0.2) is 47.8 Å². The average Bonchev–Trinajstić information content (AvgIpc) is 3.05. The minimum absolute atomic E-state index is 0.00985. The third-order valence-electron chi connectivity index (χ3n) is 3.86. The van der Waals surface area contributed by atoms with Gasteiger partial charge in [0.15, 0.2) is 9.84 Å². The van der Waals surface area contributed by atoms with Crippen LogP contribution in [0.1, 0.15) is 12.0 Å². The lowest BCUT2D eigenvalue weighted by Gasteiger charge is -2.15. The van der Waals surface area contributed by atoms with Gasteiger partial charge in [0.05, 0.1) is 16.7 Å². The normalized spacial score (nSPS) is 22.6. The summed E-state index contributed by atoms with van der Waals surface area (Å²) in [6.07, 6.45) is 2.97. The predicted octanol–water partition coefficient (Wildman–Crippen LogP) is 1.84. The summed E-state index contributed by atoms with van der Waals surface area (Å²) in [5.74, 6) is -1.27. The first-order valence-electron chi connectivity index (χ1n) is 7.95. The maximum absolute atomic E-state index is 13.3. The van der Waals surface area contributed by atoms with Crippen LogP contribution in [0, 0.1) is 5.82 Å². The molecule has 2 heterocycles. The standard InChI is InChI=1S/C17H15FN2O4S3/c18-12-3-1-2-11(8-12)9-14-16(22)20(17(25)26-14)6-4-15(21)19-13-5-7-27(23,24)10-13/h1-3,5,7-9,13H,4,6,10H2,(H,19,21)/b14-9-. The van der Waals surface area contributed by atoms with Gasteiger partial charge in [-0.25, -0.2) is 12.8 Å². The molecule has 142 valence electrons. The fourth-order valence-electron chi connectivity index (χ4n) is 2.60. The highest BCUT2D eigenvalue weighted by Crippen LogP contribution is 2.32. The van der Waals surface area contributed by atoms with E-state index in [1.165, 1.54) is 23.1 Å². The summed E-state index contributed by atoms with van der Waals surface area (Å²) in [7, 11) is -3.25. The van der Waals surface area contributed by atoms with Crippen LogP contribution in [0.2, 0.25) is 0 Å². The van der Waals surface area contributed by atoms with Crippen LogP contribution in [0.4, 0.5) is 4.39 Å². The van der Waals surface area contributed by atoms with Crippen molar-refractivity contribution >= 4 is 56.0 Å². The predicted molar refractivity (Wildman–Crippen MR) is 106 cm³/mol. The van der Waals surface area contributed by atoms with Crippen molar-refractivity contribution in [2.75, 3.05) is 12.3 Å². The molecule has 1 fully saturated rings. The largest absolute Gasteiger partial charge is 0.349 e. The molecule has 0 spiro atoms. The number of nitrogens with one attached hydrogen (secondary N) is 1. The van der Waals surface area contributed by atoms with Crippen LogP contribution in [-0.2, 0) is 19.4 Å². The van der Waals surface area contributed by atoms with Crippen molar-refractivity contribution in [2.45, 2.75) is 12.5 Å². The minimum atomic E-state index is -3.25. The van der Waals surface area contributed by atoms with Gasteiger partial charge in [0, 0.05) is 18.4 Å². The Morgan fingerprint density at radius 3 is 2.89 bits per heavy atom. The lowest BCUT2D eigenvalue weighted by Crippen LogP contribution is -2.38. The van der Waals surface area contributed by atoms with E-state index in [0.29, 0.717) is 14.8 Å². The number of hydrogen-bond acceptors (Lipinski definition) is 6. The number of carbonyl (C=O) groups excluding carboxylic acids is 2. The Balaban J connectivity index is 1.58. The highest BCUT2D eigenvalue weighted by molar-refractivity contribution is 8.26. The van der Waals surface area contributed by atoms with Crippen molar-refractivity contribution in [3.8, 4) is 0 Å². The van der Waals surface area contributed by atoms with Gasteiger partial charge in [0.2, 0.25) is 5.91 Å². The Morgan fingerprint density at radius 1 is 1.44 bits per heavy atom. The number of amides is 2. The highest BCUT2D eigenvalue weighted by atomic mass is 32.2. The molecule has 0 radical (unpaired) electrons. The van der Waals surface area contributed by atoms with E-state index in [2.05, 4.69) is 5.32 Å². The summed E-state index contributed by atoms with van der Waals surface area (Å²) in [6, 6.07) is 5.28. The molecule has 27 heavy (non-hydrogen) atoms. The number of benzene rings is 1. The summed E-state index contributed by atoms with van der Waals surface area (Å²) in [5, 5.41) is 3.68. The van der Waals surface area contributed by atoms with Crippen molar-refractivity contribution in [1.82, 2.24) is 10.2 Å². The number of nitrogens with zero attached hydrogens (tertiary/aromatic N) is 1. The van der Waals surface area contributed by atoms with Gasteiger partial charge < -0.3 is 5.32 Å². The van der Waals surface area contributed by atoms with Gasteiger partial charge >= 0.3 is 0 Å². The molecule has 1 N–H and O–H groups in total. The fourth-order valence-corrected chi connectivity index (χ4v) is 5.14. The van der Waals surface area contributed by atoms with E-state index >= 15 is 0 Å². The van der Waals surface area contributed by atoms with E-state index in [1.54, 1.807) is 18.2 Å². The molecule has 2 aliphatic heterocycles. The summed E-state index contributed by atoms with van der Waals surface area (Å²) >= 11 is 6.28. The lowest BCUT2D eigenvalue weighted by molar-refractivity contribution is -0.124.